The van der Waals surface area contributed by atoms with Crippen LogP contribution in [0, 0.1) is 17.5 Å². The Morgan fingerprint density at radius 2 is 2.06 bits per heavy atom. The molecule has 3 aromatic rings. The molecule has 1 unspecified atom stereocenters. The number of ether oxygens (including phenoxy) is 2. The molecule has 0 bridgehead atoms. The van der Waals surface area contributed by atoms with E-state index in [0.29, 0.717) is 24.6 Å². The van der Waals surface area contributed by atoms with Gasteiger partial charge in [0.05, 0.1) is 19.3 Å². The van der Waals surface area contributed by atoms with Crippen molar-refractivity contribution in [1.29, 1.82) is 0 Å². The van der Waals surface area contributed by atoms with Gasteiger partial charge in [-0.25, -0.2) is 9.07 Å². The number of halogens is 1. The molecule has 0 amide bonds. The Hall–Kier alpha value is -2.55. The Morgan fingerprint density at radius 1 is 1.25 bits per heavy atom. The first-order valence-corrected chi connectivity index (χ1v) is 11.3. The van der Waals surface area contributed by atoms with Gasteiger partial charge in [-0.2, -0.15) is 5.10 Å². The van der Waals surface area contributed by atoms with E-state index in [-0.39, 0.29) is 11.9 Å². The molecular formula is C24H29FN4O2S. The van der Waals surface area contributed by atoms with Crippen LogP contribution in [0.1, 0.15) is 18.4 Å². The maximum absolute atomic E-state index is 13.5. The summed E-state index contributed by atoms with van der Waals surface area (Å²) < 4.78 is 29.6. The fourth-order valence-electron chi connectivity index (χ4n) is 3.83. The molecule has 170 valence electrons. The summed E-state index contributed by atoms with van der Waals surface area (Å²) in [6.45, 7) is 5.29. The summed E-state index contributed by atoms with van der Waals surface area (Å²) >= 11 is 5.77. The van der Waals surface area contributed by atoms with Crippen LogP contribution in [0.2, 0.25) is 0 Å². The van der Waals surface area contributed by atoms with Gasteiger partial charge in [-0.1, -0.05) is 12.1 Å². The minimum Gasteiger partial charge on any atom is -0.492 e. The van der Waals surface area contributed by atoms with Crippen molar-refractivity contribution in [2.45, 2.75) is 39.1 Å². The number of aryl methyl sites for hydroxylation is 1. The lowest BCUT2D eigenvalue weighted by Gasteiger charge is -2.17. The van der Waals surface area contributed by atoms with Gasteiger partial charge in [-0.15, -0.1) is 0 Å². The first-order chi connectivity index (χ1) is 15.5. The standard InChI is InChI=1S/C24H29FN4O2S/c1-18-5-3-6-21(15-18)31-14-12-27(2)17-29-24(32)28(16-22-7-4-13-30-22)23(26-29)19-8-10-20(25)11-9-19/h3,5-6,8-11,15,22H,4,7,12-14,16-17H2,1-2H3. The zero-order valence-electron chi connectivity index (χ0n) is 18.5. The Morgan fingerprint density at radius 3 is 2.78 bits per heavy atom. The smallest absolute Gasteiger partial charge is 0.199 e. The summed E-state index contributed by atoms with van der Waals surface area (Å²) in [5.41, 5.74) is 2.01. The molecule has 1 saturated heterocycles. The molecule has 4 rings (SSSR count). The minimum absolute atomic E-state index is 0.124. The molecular weight excluding hydrogens is 427 g/mol. The third kappa shape index (κ3) is 5.62. The molecule has 6 nitrogen and oxygen atoms in total. The largest absolute Gasteiger partial charge is 0.492 e. The second-order valence-corrected chi connectivity index (χ2v) is 8.61. The Bertz CT molecular complexity index is 1090. The summed E-state index contributed by atoms with van der Waals surface area (Å²) in [5.74, 6) is 1.33. The van der Waals surface area contributed by atoms with Crippen LogP contribution in [0.15, 0.2) is 48.5 Å². The van der Waals surface area contributed by atoms with Gasteiger partial charge in [0, 0.05) is 18.7 Å². The summed E-state index contributed by atoms with van der Waals surface area (Å²) in [5, 5.41) is 4.78. The Labute approximate surface area is 193 Å². The number of aromatic nitrogens is 3. The predicted molar refractivity (Wildman–Crippen MR) is 125 cm³/mol. The van der Waals surface area contributed by atoms with Crippen LogP contribution in [0.25, 0.3) is 11.4 Å². The predicted octanol–water partition coefficient (Wildman–Crippen LogP) is 4.68. The van der Waals surface area contributed by atoms with Gasteiger partial charge in [0.1, 0.15) is 18.2 Å². The van der Waals surface area contributed by atoms with Gasteiger partial charge >= 0.3 is 0 Å². The van der Waals surface area contributed by atoms with E-state index in [0.717, 1.165) is 43.1 Å². The highest BCUT2D eigenvalue weighted by atomic mass is 32.1. The zero-order chi connectivity index (χ0) is 22.5. The average Bonchev–Trinajstić information content (AvgIpc) is 3.39. The molecule has 8 heteroatoms. The van der Waals surface area contributed by atoms with Crippen LogP contribution in [-0.2, 0) is 18.0 Å². The lowest BCUT2D eigenvalue weighted by molar-refractivity contribution is 0.0967. The first-order valence-electron chi connectivity index (χ1n) is 10.9. The quantitative estimate of drug-likeness (QED) is 0.438. The maximum atomic E-state index is 13.5. The highest BCUT2D eigenvalue weighted by Gasteiger charge is 2.21. The van der Waals surface area contributed by atoms with E-state index in [4.69, 9.17) is 26.8 Å². The van der Waals surface area contributed by atoms with Crippen molar-refractivity contribution in [3.05, 3.63) is 64.7 Å². The van der Waals surface area contributed by atoms with Crippen molar-refractivity contribution in [3.8, 4) is 17.1 Å². The van der Waals surface area contributed by atoms with E-state index in [1.807, 2.05) is 47.5 Å². The van der Waals surface area contributed by atoms with Crippen molar-refractivity contribution in [2.24, 2.45) is 0 Å². The van der Waals surface area contributed by atoms with Crippen molar-refractivity contribution >= 4 is 12.2 Å². The van der Waals surface area contributed by atoms with Crippen molar-refractivity contribution in [2.75, 3.05) is 26.8 Å². The van der Waals surface area contributed by atoms with Gasteiger partial charge in [0.2, 0.25) is 0 Å². The topological polar surface area (TPSA) is 44.5 Å². The van der Waals surface area contributed by atoms with Gasteiger partial charge in [0.25, 0.3) is 0 Å². The fraction of sp³-hybridized carbons (Fsp3) is 0.417. The van der Waals surface area contributed by atoms with E-state index >= 15 is 0 Å². The van der Waals surface area contributed by atoms with Crippen LogP contribution in [0.3, 0.4) is 0 Å². The van der Waals surface area contributed by atoms with Crippen molar-refractivity contribution in [1.82, 2.24) is 19.2 Å². The summed E-state index contributed by atoms with van der Waals surface area (Å²) in [6, 6.07) is 14.4. The SMILES string of the molecule is Cc1cccc(OCCN(C)Cn2nc(-c3ccc(F)cc3)n(CC3CCCO3)c2=S)c1. The van der Waals surface area contributed by atoms with Crippen molar-refractivity contribution < 1.29 is 13.9 Å². The summed E-state index contributed by atoms with van der Waals surface area (Å²) in [4.78, 5) is 2.11. The van der Waals surface area contributed by atoms with Crippen LogP contribution >= 0.6 is 12.2 Å². The van der Waals surface area contributed by atoms with Gasteiger partial charge in [-0.3, -0.25) is 9.47 Å². The monoisotopic (exact) mass is 456 g/mol. The molecule has 0 saturated carbocycles. The number of hydrogen-bond acceptors (Lipinski definition) is 5. The van der Waals surface area contributed by atoms with Crippen LogP contribution < -0.4 is 4.74 Å². The highest BCUT2D eigenvalue weighted by molar-refractivity contribution is 7.71. The van der Waals surface area contributed by atoms with E-state index in [9.17, 15) is 4.39 Å². The molecule has 1 aliphatic heterocycles. The maximum Gasteiger partial charge on any atom is 0.199 e. The number of rotatable bonds is 9. The lowest BCUT2D eigenvalue weighted by atomic mass is 10.2. The molecule has 0 radical (unpaired) electrons. The third-order valence-corrected chi connectivity index (χ3v) is 5.97. The summed E-state index contributed by atoms with van der Waals surface area (Å²) in [7, 11) is 2.01. The number of likely N-dealkylation sites (N-methyl/N-ethyl adjacent to an activating group) is 1. The molecule has 1 fully saturated rings. The molecule has 0 aliphatic carbocycles. The number of hydrogen-bond donors (Lipinski definition) is 0. The van der Waals surface area contributed by atoms with Gasteiger partial charge in [-0.05, 0) is 81.0 Å². The molecule has 0 spiro atoms. The molecule has 2 aromatic carbocycles. The van der Waals surface area contributed by atoms with Crippen LogP contribution in [0.4, 0.5) is 4.39 Å². The Kier molecular flexibility index (Phi) is 7.34. The van der Waals surface area contributed by atoms with E-state index < -0.39 is 0 Å². The average molecular weight is 457 g/mol. The van der Waals surface area contributed by atoms with E-state index in [1.54, 1.807) is 12.1 Å². The zero-order valence-corrected chi connectivity index (χ0v) is 19.4. The first kappa shape index (κ1) is 22.6. The number of nitrogens with zero attached hydrogens (tertiary/aromatic N) is 4. The third-order valence-electron chi connectivity index (χ3n) is 5.54. The van der Waals surface area contributed by atoms with Crippen molar-refractivity contribution in [3.63, 3.8) is 0 Å². The number of benzene rings is 2. The molecule has 1 aromatic heterocycles. The van der Waals surface area contributed by atoms with Crippen LogP contribution in [-0.4, -0.2) is 52.2 Å². The molecule has 32 heavy (non-hydrogen) atoms. The lowest BCUT2D eigenvalue weighted by Crippen LogP contribution is -2.27. The molecule has 1 aliphatic rings. The second kappa shape index (κ2) is 10.4. The highest BCUT2D eigenvalue weighted by Crippen LogP contribution is 2.22. The van der Waals surface area contributed by atoms with Gasteiger partial charge in [0.15, 0.2) is 10.6 Å². The minimum atomic E-state index is -0.272. The Balaban J connectivity index is 1.47. The second-order valence-electron chi connectivity index (χ2n) is 8.24. The van der Waals surface area contributed by atoms with Crippen LogP contribution in [0.5, 0.6) is 5.75 Å². The van der Waals surface area contributed by atoms with Gasteiger partial charge < -0.3 is 9.47 Å². The molecule has 0 N–H and O–H groups in total. The normalized spacial score (nSPS) is 16.1. The van der Waals surface area contributed by atoms with E-state index in [1.165, 1.54) is 17.7 Å². The van der Waals surface area contributed by atoms with E-state index in [2.05, 4.69) is 4.90 Å². The summed E-state index contributed by atoms with van der Waals surface area (Å²) in [6.07, 6.45) is 2.19. The molecule has 1 atom stereocenters. The fourth-order valence-corrected chi connectivity index (χ4v) is 4.09. The molecule has 2 heterocycles.